The van der Waals surface area contributed by atoms with Crippen molar-refractivity contribution >= 4 is 39.1 Å². The van der Waals surface area contributed by atoms with Crippen LogP contribution in [0.25, 0.3) is 10.9 Å². The Hall–Kier alpha value is -1.48. The minimum absolute atomic E-state index is 0.339. The standard InChI is InChI=1S/C14H13N2O2.3CH3.Sn/c1-14(2,3)18-13(17)16-7-6-11-8-10(9-15)4-5-12(11)16;;;;/h4-6,8H,1-3H3;3*1H3;. The first kappa shape index (κ1) is 16.9. The van der Waals surface area contributed by atoms with E-state index >= 15 is 0 Å². The SMILES string of the molecule is CC(C)(C)OC(=O)n1[c]([Sn]([CH3])([CH3])[CH3])cc2cc(C#N)ccc21. The number of hydrogen-bond acceptors (Lipinski definition) is 3. The van der Waals surface area contributed by atoms with Gasteiger partial charge in [-0.3, -0.25) is 0 Å². The van der Waals surface area contributed by atoms with Crippen molar-refractivity contribution in [3.63, 3.8) is 0 Å². The summed E-state index contributed by atoms with van der Waals surface area (Å²) < 4.78 is 8.36. The molecule has 0 aliphatic heterocycles. The van der Waals surface area contributed by atoms with Crippen LogP contribution in [0.4, 0.5) is 4.79 Å². The molecule has 0 N–H and O–H groups in total. The summed E-state index contributed by atoms with van der Waals surface area (Å²) in [4.78, 5) is 19.4. The van der Waals surface area contributed by atoms with Crippen LogP contribution in [-0.2, 0) is 4.74 Å². The number of benzene rings is 1. The number of carbonyl (C=O) groups is 1. The van der Waals surface area contributed by atoms with Crippen LogP contribution in [0.2, 0.25) is 14.8 Å². The first-order valence-corrected chi connectivity index (χ1v) is 17.3. The van der Waals surface area contributed by atoms with Gasteiger partial charge in [-0.1, -0.05) is 0 Å². The zero-order valence-electron chi connectivity index (χ0n) is 14.0. The Morgan fingerprint density at radius 3 is 2.36 bits per heavy atom. The number of ether oxygens (including phenoxy) is 1. The molecule has 0 aliphatic rings. The van der Waals surface area contributed by atoms with E-state index in [2.05, 4.69) is 27.0 Å². The molecule has 1 heterocycles. The molecule has 2 aromatic rings. The van der Waals surface area contributed by atoms with Gasteiger partial charge < -0.3 is 0 Å². The van der Waals surface area contributed by atoms with Gasteiger partial charge in [-0.25, -0.2) is 0 Å². The number of carbonyl (C=O) groups excluding carboxylic acids is 1. The van der Waals surface area contributed by atoms with Crippen LogP contribution in [0.15, 0.2) is 24.3 Å². The van der Waals surface area contributed by atoms with Crippen molar-refractivity contribution in [2.24, 2.45) is 0 Å². The fourth-order valence-corrected chi connectivity index (χ4v) is 6.54. The molecule has 0 aliphatic carbocycles. The molecule has 0 bridgehead atoms. The Balaban J connectivity index is 2.69. The molecule has 22 heavy (non-hydrogen) atoms. The molecular formula is C17H22N2O2Sn. The summed E-state index contributed by atoms with van der Waals surface area (Å²) in [5, 5.41) is 9.98. The first-order chi connectivity index (χ1) is 10.0. The van der Waals surface area contributed by atoms with Gasteiger partial charge in [0.1, 0.15) is 0 Å². The van der Waals surface area contributed by atoms with Crippen LogP contribution in [0.5, 0.6) is 0 Å². The molecule has 0 radical (unpaired) electrons. The normalized spacial score (nSPS) is 12.2. The summed E-state index contributed by atoms with van der Waals surface area (Å²) in [7, 11) is 0. The zero-order chi connectivity index (χ0) is 16.7. The number of aromatic nitrogens is 1. The van der Waals surface area contributed by atoms with Crippen molar-refractivity contribution in [2.45, 2.75) is 41.2 Å². The molecule has 0 atom stereocenters. The van der Waals surface area contributed by atoms with Crippen LogP contribution < -0.4 is 3.71 Å². The average molecular weight is 405 g/mol. The Morgan fingerprint density at radius 2 is 1.86 bits per heavy atom. The van der Waals surface area contributed by atoms with E-state index in [0.717, 1.165) is 14.6 Å². The van der Waals surface area contributed by atoms with Crippen molar-refractivity contribution in [2.75, 3.05) is 0 Å². The summed E-state index contributed by atoms with van der Waals surface area (Å²) in [5.41, 5.74) is 0.879. The van der Waals surface area contributed by atoms with Crippen LogP contribution in [0.3, 0.4) is 0 Å². The van der Waals surface area contributed by atoms with E-state index in [1.54, 1.807) is 10.6 Å². The molecule has 0 saturated carbocycles. The second-order valence-corrected chi connectivity index (χ2v) is 21.8. The molecule has 0 saturated heterocycles. The third kappa shape index (κ3) is 3.46. The minimum atomic E-state index is -2.53. The van der Waals surface area contributed by atoms with Gasteiger partial charge in [-0.05, 0) is 0 Å². The van der Waals surface area contributed by atoms with Gasteiger partial charge in [0.05, 0.1) is 0 Å². The summed E-state index contributed by atoms with van der Waals surface area (Å²) in [5.74, 6) is 0. The maximum absolute atomic E-state index is 12.7. The van der Waals surface area contributed by atoms with Crippen LogP contribution in [0, 0.1) is 11.3 Å². The first-order valence-electron chi connectivity index (χ1n) is 7.32. The molecule has 116 valence electrons. The van der Waals surface area contributed by atoms with Crippen LogP contribution >= 0.6 is 0 Å². The molecule has 0 amide bonds. The fraction of sp³-hybridized carbons (Fsp3) is 0.412. The summed E-state index contributed by atoms with van der Waals surface area (Å²) in [6.07, 6.45) is -0.339. The number of hydrogen-bond donors (Lipinski definition) is 0. The van der Waals surface area contributed by atoms with Crippen molar-refractivity contribution < 1.29 is 9.53 Å². The van der Waals surface area contributed by atoms with Gasteiger partial charge in [-0.15, -0.1) is 0 Å². The zero-order valence-corrected chi connectivity index (χ0v) is 16.9. The third-order valence-electron chi connectivity index (χ3n) is 3.28. The Kier molecular flexibility index (Phi) is 4.31. The molecule has 5 heteroatoms. The van der Waals surface area contributed by atoms with E-state index in [-0.39, 0.29) is 6.09 Å². The number of rotatable bonds is 1. The van der Waals surface area contributed by atoms with Crippen molar-refractivity contribution in [3.05, 3.63) is 29.8 Å². The second kappa shape index (κ2) is 5.62. The van der Waals surface area contributed by atoms with Crippen LogP contribution in [0.1, 0.15) is 26.3 Å². The van der Waals surface area contributed by atoms with Crippen molar-refractivity contribution in [3.8, 4) is 6.07 Å². The van der Waals surface area contributed by atoms with Crippen molar-refractivity contribution in [1.29, 1.82) is 5.26 Å². The molecule has 4 nitrogen and oxygen atoms in total. The van der Waals surface area contributed by atoms with Gasteiger partial charge in [0, 0.05) is 0 Å². The van der Waals surface area contributed by atoms with Gasteiger partial charge in [0.2, 0.25) is 0 Å². The van der Waals surface area contributed by atoms with Gasteiger partial charge >= 0.3 is 136 Å². The topological polar surface area (TPSA) is 55.0 Å². The predicted octanol–water partition coefficient (Wildman–Crippen LogP) is 3.84. The molecule has 0 fully saturated rings. The van der Waals surface area contributed by atoms with E-state index in [9.17, 15) is 4.79 Å². The van der Waals surface area contributed by atoms with E-state index in [0.29, 0.717) is 5.56 Å². The quantitative estimate of drug-likeness (QED) is 0.678. The summed E-state index contributed by atoms with van der Waals surface area (Å²) in [6, 6.07) is 9.60. The molecule has 2 rings (SSSR count). The Bertz CT molecular complexity index is 771. The number of fused-ring (bicyclic) bond motifs is 1. The molecule has 0 spiro atoms. The Morgan fingerprint density at radius 1 is 1.23 bits per heavy atom. The van der Waals surface area contributed by atoms with Gasteiger partial charge in [0.15, 0.2) is 0 Å². The van der Waals surface area contributed by atoms with E-state index < -0.39 is 24.0 Å². The maximum atomic E-state index is 12.7. The summed E-state index contributed by atoms with van der Waals surface area (Å²) in [6.45, 7) is 5.60. The number of nitriles is 1. The van der Waals surface area contributed by atoms with E-state index in [1.807, 2.05) is 32.9 Å². The number of nitrogens with zero attached hydrogens (tertiary/aromatic N) is 2. The Labute approximate surface area is 135 Å². The fourth-order valence-electron chi connectivity index (χ4n) is 2.34. The summed E-state index contributed by atoms with van der Waals surface area (Å²) >= 11 is -2.53. The molecule has 1 aromatic carbocycles. The van der Waals surface area contributed by atoms with Crippen LogP contribution in [-0.4, -0.2) is 34.6 Å². The third-order valence-corrected chi connectivity index (χ3v) is 8.71. The molecule has 0 unspecified atom stereocenters. The monoisotopic (exact) mass is 406 g/mol. The van der Waals surface area contributed by atoms with Gasteiger partial charge in [-0.2, -0.15) is 0 Å². The van der Waals surface area contributed by atoms with Crippen molar-refractivity contribution in [1.82, 2.24) is 4.57 Å². The molecule has 1 aromatic heterocycles. The van der Waals surface area contributed by atoms with Gasteiger partial charge in [0.25, 0.3) is 0 Å². The predicted molar refractivity (Wildman–Crippen MR) is 91.3 cm³/mol. The van der Waals surface area contributed by atoms with E-state index in [4.69, 9.17) is 10.00 Å². The van der Waals surface area contributed by atoms with E-state index in [1.165, 1.54) is 0 Å². The second-order valence-electron chi connectivity index (χ2n) is 7.48. The molecular weight excluding hydrogens is 383 g/mol. The average Bonchev–Trinajstić information content (AvgIpc) is 2.74.